The fourth-order valence-electron chi connectivity index (χ4n) is 1.67. The van der Waals surface area contributed by atoms with Crippen LogP contribution in [0.15, 0.2) is 34.7 Å². The molecular weight excluding hydrogens is 304 g/mol. The van der Waals surface area contributed by atoms with E-state index in [4.69, 9.17) is 11.6 Å². The Hall–Kier alpha value is -0.820. The largest absolute Gasteiger partial charge is 0.363 e. The molecule has 2 aromatic rings. The van der Waals surface area contributed by atoms with Crippen molar-refractivity contribution in [1.82, 2.24) is 9.29 Å². The highest BCUT2D eigenvalue weighted by Gasteiger charge is 2.21. The molecule has 0 saturated carbocycles. The van der Waals surface area contributed by atoms with Crippen LogP contribution in [0.25, 0.3) is 0 Å². The molecule has 0 aromatic carbocycles. The minimum atomic E-state index is -3.43. The molecule has 2 heterocycles. The first-order valence-corrected chi connectivity index (χ1v) is 8.61. The number of hydrogen-bond acceptors (Lipinski definition) is 3. The Balaban J connectivity index is 2.06. The van der Waals surface area contributed by atoms with Gasteiger partial charge in [-0.05, 0) is 23.9 Å². The molecule has 0 fully saturated rings. The van der Waals surface area contributed by atoms with Crippen LogP contribution in [-0.4, -0.2) is 31.3 Å². The Morgan fingerprint density at radius 1 is 1.47 bits per heavy atom. The van der Waals surface area contributed by atoms with Gasteiger partial charge in [-0.1, -0.05) is 6.07 Å². The first-order chi connectivity index (χ1) is 9.04. The lowest BCUT2D eigenvalue weighted by molar-refractivity contribution is 0.473. The normalized spacial score (nSPS) is 12.2. The molecule has 0 amide bonds. The minimum Gasteiger partial charge on any atom is -0.363 e. The molecule has 0 unspecified atom stereocenters. The Morgan fingerprint density at radius 3 is 2.84 bits per heavy atom. The fourth-order valence-corrected chi connectivity index (χ4v) is 3.71. The number of nitrogens with zero attached hydrogens (tertiary/aromatic N) is 1. The number of halogens is 1. The lowest BCUT2D eigenvalue weighted by atomic mass is 10.3. The van der Waals surface area contributed by atoms with Crippen molar-refractivity contribution in [2.75, 3.05) is 13.6 Å². The average Bonchev–Trinajstić information content (AvgIpc) is 3.06. The molecule has 7 heteroatoms. The van der Waals surface area contributed by atoms with Gasteiger partial charge in [-0.25, -0.2) is 12.7 Å². The highest BCUT2D eigenvalue weighted by Crippen LogP contribution is 2.17. The van der Waals surface area contributed by atoms with E-state index >= 15 is 0 Å². The number of aromatic amines is 1. The van der Waals surface area contributed by atoms with E-state index in [9.17, 15) is 8.42 Å². The number of rotatable bonds is 6. The van der Waals surface area contributed by atoms with Gasteiger partial charge >= 0.3 is 0 Å². The molecule has 0 aliphatic carbocycles. The van der Waals surface area contributed by atoms with E-state index < -0.39 is 10.0 Å². The van der Waals surface area contributed by atoms with E-state index in [1.54, 1.807) is 24.5 Å². The maximum absolute atomic E-state index is 12.3. The molecule has 0 bridgehead atoms. The van der Waals surface area contributed by atoms with Gasteiger partial charge in [-0.3, -0.25) is 0 Å². The van der Waals surface area contributed by atoms with Crippen molar-refractivity contribution in [3.05, 3.63) is 40.3 Å². The monoisotopic (exact) mass is 318 g/mol. The fraction of sp³-hybridized carbons (Fsp3) is 0.333. The molecule has 0 aliphatic heterocycles. The molecule has 0 spiro atoms. The predicted molar refractivity (Wildman–Crippen MR) is 78.2 cm³/mol. The summed E-state index contributed by atoms with van der Waals surface area (Å²) < 4.78 is 25.9. The van der Waals surface area contributed by atoms with Gasteiger partial charge in [0.25, 0.3) is 0 Å². The van der Waals surface area contributed by atoms with Crippen molar-refractivity contribution in [3.8, 4) is 0 Å². The van der Waals surface area contributed by atoms with Gasteiger partial charge in [-0.15, -0.1) is 22.9 Å². The summed E-state index contributed by atoms with van der Waals surface area (Å²) in [6, 6.07) is 5.55. The molecule has 1 N–H and O–H groups in total. The van der Waals surface area contributed by atoms with Crippen LogP contribution in [0.3, 0.4) is 0 Å². The van der Waals surface area contributed by atoms with Crippen LogP contribution >= 0.6 is 22.9 Å². The van der Waals surface area contributed by atoms with Gasteiger partial charge in [0, 0.05) is 30.4 Å². The molecular formula is C12H15ClN2O2S2. The van der Waals surface area contributed by atoms with Crippen LogP contribution < -0.4 is 0 Å². The molecule has 0 atom stereocenters. The summed E-state index contributed by atoms with van der Waals surface area (Å²) in [6.45, 7) is 0.463. The quantitative estimate of drug-likeness (QED) is 0.833. The maximum atomic E-state index is 12.3. The van der Waals surface area contributed by atoms with Crippen LogP contribution in [0.1, 0.15) is 10.6 Å². The predicted octanol–water partition coefficient (Wildman–Crippen LogP) is 2.68. The van der Waals surface area contributed by atoms with E-state index in [2.05, 4.69) is 4.98 Å². The molecule has 2 aromatic heterocycles. The molecule has 0 aliphatic rings. The van der Waals surface area contributed by atoms with Crippen LogP contribution in [0.2, 0.25) is 0 Å². The van der Waals surface area contributed by atoms with Crippen molar-refractivity contribution in [1.29, 1.82) is 0 Å². The molecule has 4 nitrogen and oxygen atoms in total. The molecule has 0 saturated heterocycles. The number of H-pyrrole nitrogens is 1. The second kappa shape index (κ2) is 6.09. The number of thiophene rings is 1. The van der Waals surface area contributed by atoms with E-state index in [1.807, 2.05) is 17.5 Å². The SMILES string of the molecule is CN(CCc1cccs1)S(=O)(=O)c1c[nH]c(CCl)c1. The number of nitrogens with one attached hydrogen (secondary N) is 1. The van der Waals surface area contributed by atoms with E-state index in [-0.39, 0.29) is 10.8 Å². The van der Waals surface area contributed by atoms with E-state index in [0.29, 0.717) is 12.2 Å². The lowest BCUT2D eigenvalue weighted by Crippen LogP contribution is -2.28. The van der Waals surface area contributed by atoms with Gasteiger partial charge in [-0.2, -0.15) is 0 Å². The third-order valence-corrected chi connectivity index (χ3v) is 5.88. The summed E-state index contributed by atoms with van der Waals surface area (Å²) in [5, 5.41) is 1.99. The average molecular weight is 319 g/mol. The zero-order chi connectivity index (χ0) is 13.9. The number of aromatic nitrogens is 1. The van der Waals surface area contributed by atoms with Gasteiger partial charge in [0.2, 0.25) is 10.0 Å². The highest BCUT2D eigenvalue weighted by molar-refractivity contribution is 7.89. The minimum absolute atomic E-state index is 0.261. The maximum Gasteiger partial charge on any atom is 0.244 e. The first-order valence-electron chi connectivity index (χ1n) is 5.76. The number of likely N-dealkylation sites (N-methyl/N-ethyl adjacent to an activating group) is 1. The number of alkyl halides is 1. The Morgan fingerprint density at radius 2 is 2.26 bits per heavy atom. The van der Waals surface area contributed by atoms with Crippen LogP contribution in [-0.2, 0) is 22.3 Å². The second-order valence-electron chi connectivity index (χ2n) is 4.15. The molecule has 104 valence electrons. The smallest absolute Gasteiger partial charge is 0.244 e. The Bertz CT molecular complexity index is 620. The topological polar surface area (TPSA) is 53.2 Å². The summed E-state index contributed by atoms with van der Waals surface area (Å²) in [6.07, 6.45) is 2.20. The molecule has 2 rings (SSSR count). The summed E-state index contributed by atoms with van der Waals surface area (Å²) in [4.78, 5) is 4.29. The zero-order valence-corrected chi connectivity index (χ0v) is 12.9. The van der Waals surface area contributed by atoms with E-state index in [1.165, 1.54) is 15.4 Å². The van der Waals surface area contributed by atoms with Crippen molar-refractivity contribution in [2.24, 2.45) is 0 Å². The third-order valence-electron chi connectivity index (χ3n) is 2.82. The third kappa shape index (κ3) is 3.39. The summed E-state index contributed by atoms with van der Waals surface area (Å²) in [7, 11) is -1.84. The van der Waals surface area contributed by atoms with Crippen molar-refractivity contribution in [3.63, 3.8) is 0 Å². The van der Waals surface area contributed by atoms with Gasteiger partial charge in [0.15, 0.2) is 0 Å². The van der Waals surface area contributed by atoms with Crippen molar-refractivity contribution >= 4 is 33.0 Å². The van der Waals surface area contributed by atoms with Crippen LogP contribution in [0.5, 0.6) is 0 Å². The van der Waals surface area contributed by atoms with E-state index in [0.717, 1.165) is 6.42 Å². The van der Waals surface area contributed by atoms with Crippen molar-refractivity contribution < 1.29 is 8.42 Å². The molecule has 19 heavy (non-hydrogen) atoms. The standard InChI is InChI=1S/C12H15ClN2O2S2/c1-15(5-4-11-3-2-6-18-11)19(16,17)12-7-10(8-13)14-9-12/h2-3,6-7,9,14H,4-5,8H2,1H3. The highest BCUT2D eigenvalue weighted by atomic mass is 35.5. The molecule has 0 radical (unpaired) electrons. The Labute approximate surface area is 122 Å². The number of sulfonamides is 1. The lowest BCUT2D eigenvalue weighted by Gasteiger charge is -2.15. The summed E-state index contributed by atoms with van der Waals surface area (Å²) in [5.41, 5.74) is 0.701. The first kappa shape index (κ1) is 14.6. The van der Waals surface area contributed by atoms with Gasteiger partial charge < -0.3 is 4.98 Å². The van der Waals surface area contributed by atoms with Crippen LogP contribution in [0.4, 0.5) is 0 Å². The zero-order valence-electron chi connectivity index (χ0n) is 10.5. The van der Waals surface area contributed by atoms with Gasteiger partial charge in [0.1, 0.15) is 0 Å². The Kier molecular flexibility index (Phi) is 4.67. The van der Waals surface area contributed by atoms with Crippen molar-refractivity contribution in [2.45, 2.75) is 17.2 Å². The summed E-state index contributed by atoms with van der Waals surface area (Å²) >= 11 is 7.29. The number of hydrogen-bond donors (Lipinski definition) is 1. The second-order valence-corrected chi connectivity index (χ2v) is 7.49. The van der Waals surface area contributed by atoms with Crippen LogP contribution in [0, 0.1) is 0 Å². The van der Waals surface area contributed by atoms with Gasteiger partial charge in [0.05, 0.1) is 10.8 Å². The summed E-state index contributed by atoms with van der Waals surface area (Å²) in [5.74, 6) is 0.272.